The van der Waals surface area contributed by atoms with Crippen molar-refractivity contribution >= 4 is 17.8 Å². The van der Waals surface area contributed by atoms with E-state index in [9.17, 15) is 14.4 Å². The standard InChI is InChI=1S/C10H17NO5/c1-5-15-8(13)10(4,11-7(3)12)9(14)16-6-2/h5-6H2,1-4H3,(H,11,12). The van der Waals surface area contributed by atoms with Crippen molar-refractivity contribution in [3.05, 3.63) is 0 Å². The third-order valence-electron chi connectivity index (χ3n) is 1.79. The first-order valence-electron chi connectivity index (χ1n) is 5.01. The van der Waals surface area contributed by atoms with Gasteiger partial charge in [-0.05, 0) is 20.8 Å². The highest BCUT2D eigenvalue weighted by Crippen LogP contribution is 2.10. The fraction of sp³-hybridized carbons (Fsp3) is 0.700. The summed E-state index contributed by atoms with van der Waals surface area (Å²) in [6.07, 6.45) is 0. The van der Waals surface area contributed by atoms with Crippen LogP contribution in [-0.4, -0.2) is 36.6 Å². The molecule has 0 unspecified atom stereocenters. The molecule has 0 heterocycles. The number of esters is 2. The Hall–Kier alpha value is -1.59. The number of nitrogens with one attached hydrogen (secondary N) is 1. The highest BCUT2D eigenvalue weighted by atomic mass is 16.6. The van der Waals surface area contributed by atoms with Crippen LogP contribution in [0.1, 0.15) is 27.7 Å². The fourth-order valence-electron chi connectivity index (χ4n) is 1.09. The average Bonchev–Trinajstić information content (AvgIpc) is 2.17. The zero-order valence-corrected chi connectivity index (χ0v) is 9.96. The predicted molar refractivity (Wildman–Crippen MR) is 55.5 cm³/mol. The average molecular weight is 231 g/mol. The van der Waals surface area contributed by atoms with E-state index in [1.54, 1.807) is 13.8 Å². The predicted octanol–water partition coefficient (Wildman–Crippen LogP) is 0.00740. The van der Waals surface area contributed by atoms with Crippen molar-refractivity contribution in [2.24, 2.45) is 0 Å². The van der Waals surface area contributed by atoms with E-state index in [-0.39, 0.29) is 13.2 Å². The molecule has 0 bridgehead atoms. The summed E-state index contributed by atoms with van der Waals surface area (Å²) in [6, 6.07) is 0. The summed E-state index contributed by atoms with van der Waals surface area (Å²) in [5.41, 5.74) is -1.78. The Kier molecular flexibility index (Phi) is 5.49. The highest BCUT2D eigenvalue weighted by molar-refractivity contribution is 6.07. The van der Waals surface area contributed by atoms with E-state index < -0.39 is 23.4 Å². The molecule has 0 radical (unpaired) electrons. The Morgan fingerprint density at radius 1 is 1.06 bits per heavy atom. The quantitative estimate of drug-likeness (QED) is 0.532. The molecule has 0 aliphatic heterocycles. The van der Waals surface area contributed by atoms with Gasteiger partial charge in [0.25, 0.3) is 0 Å². The van der Waals surface area contributed by atoms with E-state index in [4.69, 9.17) is 9.47 Å². The van der Waals surface area contributed by atoms with Crippen molar-refractivity contribution in [3.8, 4) is 0 Å². The lowest BCUT2D eigenvalue weighted by molar-refractivity contribution is -0.166. The minimum absolute atomic E-state index is 0.118. The van der Waals surface area contributed by atoms with Gasteiger partial charge in [0.05, 0.1) is 13.2 Å². The molecule has 16 heavy (non-hydrogen) atoms. The maximum atomic E-state index is 11.6. The van der Waals surface area contributed by atoms with E-state index in [2.05, 4.69) is 5.32 Å². The van der Waals surface area contributed by atoms with Gasteiger partial charge in [-0.15, -0.1) is 0 Å². The number of rotatable bonds is 5. The lowest BCUT2D eigenvalue weighted by Gasteiger charge is -2.25. The van der Waals surface area contributed by atoms with E-state index in [1.165, 1.54) is 13.8 Å². The van der Waals surface area contributed by atoms with Crippen LogP contribution in [0.3, 0.4) is 0 Å². The van der Waals surface area contributed by atoms with Crippen molar-refractivity contribution in [2.75, 3.05) is 13.2 Å². The zero-order chi connectivity index (χ0) is 12.8. The first-order valence-corrected chi connectivity index (χ1v) is 5.01. The monoisotopic (exact) mass is 231 g/mol. The molecule has 6 nitrogen and oxygen atoms in total. The second-order valence-electron chi connectivity index (χ2n) is 3.25. The summed E-state index contributed by atoms with van der Waals surface area (Å²) in [7, 11) is 0. The number of ether oxygens (including phenoxy) is 2. The van der Waals surface area contributed by atoms with Crippen molar-refractivity contribution in [3.63, 3.8) is 0 Å². The van der Waals surface area contributed by atoms with Crippen molar-refractivity contribution in [1.82, 2.24) is 5.32 Å². The SMILES string of the molecule is CCOC(=O)C(C)(NC(C)=O)C(=O)OCC. The molecule has 0 aliphatic rings. The first kappa shape index (κ1) is 14.4. The summed E-state index contributed by atoms with van der Waals surface area (Å²) in [5.74, 6) is -2.17. The van der Waals surface area contributed by atoms with Crippen LogP contribution in [0.4, 0.5) is 0 Å². The van der Waals surface area contributed by atoms with Gasteiger partial charge in [0.15, 0.2) is 0 Å². The molecular formula is C10H17NO5. The van der Waals surface area contributed by atoms with Gasteiger partial charge in [-0.3, -0.25) is 4.79 Å². The normalized spacial score (nSPS) is 10.5. The van der Waals surface area contributed by atoms with Crippen LogP contribution in [0, 0.1) is 0 Å². The molecule has 0 saturated heterocycles. The number of carbonyl (C=O) groups excluding carboxylic acids is 3. The molecule has 0 rings (SSSR count). The van der Waals surface area contributed by atoms with Gasteiger partial charge in [0.2, 0.25) is 11.4 Å². The molecule has 6 heteroatoms. The van der Waals surface area contributed by atoms with Crippen LogP contribution in [-0.2, 0) is 23.9 Å². The van der Waals surface area contributed by atoms with Crippen molar-refractivity contribution < 1.29 is 23.9 Å². The topological polar surface area (TPSA) is 81.7 Å². The molecule has 1 amide bonds. The van der Waals surface area contributed by atoms with Crippen LogP contribution >= 0.6 is 0 Å². The molecule has 0 aromatic rings. The Morgan fingerprint density at radius 2 is 1.44 bits per heavy atom. The molecule has 0 spiro atoms. The molecule has 0 aromatic carbocycles. The molecule has 0 aliphatic carbocycles. The number of hydrogen-bond acceptors (Lipinski definition) is 5. The molecule has 0 fully saturated rings. The maximum Gasteiger partial charge on any atom is 0.343 e. The maximum absolute atomic E-state index is 11.6. The fourth-order valence-corrected chi connectivity index (χ4v) is 1.09. The number of carbonyl (C=O) groups is 3. The van der Waals surface area contributed by atoms with E-state index in [1.807, 2.05) is 0 Å². The van der Waals surface area contributed by atoms with Gasteiger partial charge in [0.1, 0.15) is 0 Å². The number of amides is 1. The third-order valence-corrected chi connectivity index (χ3v) is 1.79. The van der Waals surface area contributed by atoms with Gasteiger partial charge in [0, 0.05) is 6.92 Å². The minimum atomic E-state index is -1.78. The van der Waals surface area contributed by atoms with Crippen molar-refractivity contribution in [1.29, 1.82) is 0 Å². The molecule has 0 aromatic heterocycles. The van der Waals surface area contributed by atoms with Gasteiger partial charge < -0.3 is 14.8 Å². The Labute approximate surface area is 94.3 Å². The summed E-state index contributed by atoms with van der Waals surface area (Å²) in [6.45, 7) is 5.91. The summed E-state index contributed by atoms with van der Waals surface area (Å²) in [5, 5.41) is 2.24. The lowest BCUT2D eigenvalue weighted by atomic mass is 10.0. The van der Waals surface area contributed by atoms with Gasteiger partial charge >= 0.3 is 11.9 Å². The first-order chi connectivity index (χ1) is 7.38. The van der Waals surface area contributed by atoms with Gasteiger partial charge in [-0.1, -0.05) is 0 Å². The van der Waals surface area contributed by atoms with Crippen LogP contribution in [0.15, 0.2) is 0 Å². The molecule has 0 atom stereocenters. The lowest BCUT2D eigenvalue weighted by Crippen LogP contribution is -2.58. The summed E-state index contributed by atoms with van der Waals surface area (Å²) >= 11 is 0. The molecule has 1 N–H and O–H groups in total. The smallest absolute Gasteiger partial charge is 0.343 e. The number of hydrogen-bond donors (Lipinski definition) is 1. The Balaban J connectivity index is 4.93. The van der Waals surface area contributed by atoms with E-state index >= 15 is 0 Å². The highest BCUT2D eigenvalue weighted by Gasteiger charge is 2.45. The van der Waals surface area contributed by atoms with Gasteiger partial charge in [-0.2, -0.15) is 0 Å². The third kappa shape index (κ3) is 3.52. The molecule has 0 saturated carbocycles. The largest absolute Gasteiger partial charge is 0.464 e. The minimum Gasteiger partial charge on any atom is -0.464 e. The van der Waals surface area contributed by atoms with Crippen LogP contribution < -0.4 is 5.32 Å². The van der Waals surface area contributed by atoms with Crippen LogP contribution in [0.2, 0.25) is 0 Å². The second kappa shape index (κ2) is 6.09. The Bertz CT molecular complexity index is 269. The Morgan fingerprint density at radius 3 is 1.69 bits per heavy atom. The van der Waals surface area contributed by atoms with E-state index in [0.29, 0.717) is 0 Å². The summed E-state index contributed by atoms with van der Waals surface area (Å²) in [4.78, 5) is 34.1. The summed E-state index contributed by atoms with van der Waals surface area (Å²) < 4.78 is 9.44. The molecule has 92 valence electrons. The van der Waals surface area contributed by atoms with Crippen molar-refractivity contribution in [2.45, 2.75) is 33.2 Å². The van der Waals surface area contributed by atoms with Gasteiger partial charge in [-0.25, -0.2) is 9.59 Å². The van der Waals surface area contributed by atoms with E-state index in [0.717, 1.165) is 0 Å². The second-order valence-corrected chi connectivity index (χ2v) is 3.25. The zero-order valence-electron chi connectivity index (χ0n) is 9.96. The van der Waals surface area contributed by atoms with Crippen LogP contribution in [0.5, 0.6) is 0 Å². The van der Waals surface area contributed by atoms with Crippen LogP contribution in [0.25, 0.3) is 0 Å². The molecular weight excluding hydrogens is 214 g/mol.